The average Bonchev–Trinajstić information content (AvgIpc) is 3.07. The van der Waals surface area contributed by atoms with Crippen LogP contribution in [-0.2, 0) is 12.1 Å². The van der Waals surface area contributed by atoms with Gasteiger partial charge in [-0.25, -0.2) is 5.43 Å². The summed E-state index contributed by atoms with van der Waals surface area (Å²) in [5.74, 6) is 0. The van der Waals surface area contributed by atoms with Gasteiger partial charge in [0.25, 0.3) is 0 Å². The van der Waals surface area contributed by atoms with Gasteiger partial charge in [0.1, 0.15) is 5.66 Å². The van der Waals surface area contributed by atoms with Crippen LogP contribution in [0.15, 0.2) is 84.9 Å². The van der Waals surface area contributed by atoms with E-state index in [1.807, 2.05) is 17.1 Å². The van der Waals surface area contributed by atoms with Gasteiger partial charge in [0, 0.05) is 12.5 Å². The van der Waals surface area contributed by atoms with E-state index in [-0.39, 0.29) is 6.04 Å². The van der Waals surface area contributed by atoms with Gasteiger partial charge in [-0.15, -0.1) is 0 Å². The first kappa shape index (κ1) is 18.7. The molecule has 1 aliphatic rings. The monoisotopic (exact) mass is 387 g/mol. The molecule has 1 aliphatic heterocycles. The normalized spacial score (nSPS) is 19.1. The van der Waals surface area contributed by atoms with Crippen LogP contribution in [0.3, 0.4) is 0 Å². The zero-order valence-corrected chi connectivity index (χ0v) is 17.0. The van der Waals surface area contributed by atoms with E-state index in [0.717, 1.165) is 11.5 Å². The molecule has 0 amide bonds. The van der Waals surface area contributed by atoms with Gasteiger partial charge in [-0.1, -0.05) is 84.9 Å². The maximum Gasteiger partial charge on any atom is 0.185 e. The van der Waals surface area contributed by atoms with Gasteiger partial charge in [0.2, 0.25) is 0 Å². The molecule has 4 rings (SSSR count). The van der Waals surface area contributed by atoms with E-state index in [1.165, 1.54) is 22.3 Å². The Morgan fingerprint density at radius 2 is 1.39 bits per heavy atom. The predicted molar refractivity (Wildman–Crippen MR) is 120 cm³/mol. The average molecular weight is 388 g/mol. The second kappa shape index (κ2) is 7.74. The first-order chi connectivity index (χ1) is 13.6. The fourth-order valence-electron chi connectivity index (χ4n) is 3.69. The molecule has 3 nitrogen and oxygen atoms in total. The predicted octanol–water partition coefficient (Wildman–Crippen LogP) is 4.85. The first-order valence-electron chi connectivity index (χ1n) is 9.66. The maximum atomic E-state index is 5.64. The van der Waals surface area contributed by atoms with Crippen molar-refractivity contribution in [2.75, 3.05) is 0 Å². The highest BCUT2D eigenvalue weighted by Gasteiger charge is 2.42. The Bertz CT molecular complexity index is 939. The highest BCUT2D eigenvalue weighted by molar-refractivity contribution is 7.80. The van der Waals surface area contributed by atoms with Crippen molar-refractivity contribution < 1.29 is 0 Å². The third kappa shape index (κ3) is 3.66. The fourth-order valence-corrected chi connectivity index (χ4v) is 4.12. The molecule has 1 saturated heterocycles. The molecule has 1 unspecified atom stereocenters. The van der Waals surface area contributed by atoms with Crippen molar-refractivity contribution in [2.45, 2.75) is 32.0 Å². The van der Waals surface area contributed by atoms with Crippen molar-refractivity contribution in [1.29, 1.82) is 0 Å². The van der Waals surface area contributed by atoms with E-state index in [0.29, 0.717) is 0 Å². The lowest BCUT2D eigenvalue weighted by atomic mass is 9.91. The molecule has 2 N–H and O–H groups in total. The van der Waals surface area contributed by atoms with E-state index in [4.69, 9.17) is 12.2 Å². The molecule has 28 heavy (non-hydrogen) atoms. The van der Waals surface area contributed by atoms with Crippen molar-refractivity contribution in [3.05, 3.63) is 96.1 Å². The molecule has 0 bridgehead atoms. The van der Waals surface area contributed by atoms with Crippen LogP contribution in [0, 0.1) is 0 Å². The van der Waals surface area contributed by atoms with E-state index in [2.05, 4.69) is 97.4 Å². The molecule has 3 aromatic rings. The Labute approximate surface area is 172 Å². The van der Waals surface area contributed by atoms with Crippen LogP contribution in [0.25, 0.3) is 11.1 Å². The molecular weight excluding hydrogens is 362 g/mol. The second-order valence-electron chi connectivity index (χ2n) is 7.52. The Kier molecular flexibility index (Phi) is 5.16. The molecule has 0 aromatic heterocycles. The van der Waals surface area contributed by atoms with Crippen LogP contribution in [0.4, 0.5) is 0 Å². The summed E-state index contributed by atoms with van der Waals surface area (Å²) in [6.45, 7) is 4.27. The summed E-state index contributed by atoms with van der Waals surface area (Å²) in [6.07, 6.45) is 0.794. The summed E-state index contributed by atoms with van der Waals surface area (Å²) in [5, 5.41) is 6.35. The quantitative estimate of drug-likeness (QED) is 0.612. The molecule has 0 saturated carbocycles. The summed E-state index contributed by atoms with van der Waals surface area (Å²) < 4.78 is 0. The Morgan fingerprint density at radius 1 is 0.821 bits per heavy atom. The molecule has 1 atom stereocenters. The standard InChI is InChI=1S/C24H25N3S/c1-18(2)27-23(28)25-24(26-27,17-19-9-5-3-6-10-19)22-15-13-21(14-16-22)20-11-7-4-8-12-20/h3-16,18,26H,17H2,1-2H3,(H,25,28). The number of hydrogen-bond donors (Lipinski definition) is 2. The second-order valence-corrected chi connectivity index (χ2v) is 7.90. The highest BCUT2D eigenvalue weighted by Crippen LogP contribution is 2.30. The summed E-state index contributed by atoms with van der Waals surface area (Å²) >= 11 is 5.64. The summed E-state index contributed by atoms with van der Waals surface area (Å²) in [6, 6.07) is 30.0. The van der Waals surface area contributed by atoms with Crippen LogP contribution in [-0.4, -0.2) is 16.2 Å². The summed E-state index contributed by atoms with van der Waals surface area (Å²) in [7, 11) is 0. The lowest BCUT2D eigenvalue weighted by Gasteiger charge is -2.32. The zero-order valence-electron chi connectivity index (χ0n) is 16.2. The maximum absolute atomic E-state index is 5.64. The molecule has 4 heteroatoms. The summed E-state index contributed by atoms with van der Waals surface area (Å²) in [5.41, 5.74) is 8.05. The van der Waals surface area contributed by atoms with Crippen molar-refractivity contribution >= 4 is 17.3 Å². The number of nitrogens with one attached hydrogen (secondary N) is 2. The van der Waals surface area contributed by atoms with E-state index >= 15 is 0 Å². The number of nitrogens with zero attached hydrogens (tertiary/aromatic N) is 1. The lowest BCUT2D eigenvalue weighted by Crippen LogP contribution is -2.51. The Morgan fingerprint density at radius 3 is 1.96 bits per heavy atom. The minimum atomic E-state index is -0.460. The van der Waals surface area contributed by atoms with E-state index < -0.39 is 5.66 Å². The van der Waals surface area contributed by atoms with Crippen molar-refractivity contribution in [3.63, 3.8) is 0 Å². The van der Waals surface area contributed by atoms with Gasteiger partial charge in [0.05, 0.1) is 0 Å². The topological polar surface area (TPSA) is 27.3 Å². The van der Waals surface area contributed by atoms with Gasteiger partial charge in [-0.3, -0.25) is 5.01 Å². The van der Waals surface area contributed by atoms with Crippen molar-refractivity contribution in [3.8, 4) is 11.1 Å². The van der Waals surface area contributed by atoms with Crippen molar-refractivity contribution in [1.82, 2.24) is 15.8 Å². The van der Waals surface area contributed by atoms with E-state index in [1.54, 1.807) is 0 Å². The largest absolute Gasteiger partial charge is 0.338 e. The number of benzene rings is 3. The number of rotatable bonds is 5. The minimum Gasteiger partial charge on any atom is -0.338 e. The molecule has 0 spiro atoms. The number of thiocarbonyl (C=S) groups is 1. The van der Waals surface area contributed by atoms with Gasteiger partial charge in [-0.2, -0.15) is 0 Å². The molecule has 142 valence electrons. The van der Waals surface area contributed by atoms with Gasteiger partial charge in [0.15, 0.2) is 5.11 Å². The van der Waals surface area contributed by atoms with Crippen LogP contribution >= 0.6 is 12.2 Å². The zero-order chi connectivity index (χ0) is 19.6. The Balaban J connectivity index is 1.71. The van der Waals surface area contributed by atoms with Crippen LogP contribution in [0.5, 0.6) is 0 Å². The van der Waals surface area contributed by atoms with Gasteiger partial charge in [-0.05, 0) is 48.3 Å². The van der Waals surface area contributed by atoms with Gasteiger partial charge < -0.3 is 5.32 Å². The molecule has 0 aliphatic carbocycles. The van der Waals surface area contributed by atoms with E-state index in [9.17, 15) is 0 Å². The SMILES string of the molecule is CC(C)N1NC(Cc2ccccc2)(c2ccc(-c3ccccc3)cc2)NC1=S. The molecule has 1 heterocycles. The Hall–Kier alpha value is -2.69. The van der Waals surface area contributed by atoms with Crippen LogP contribution in [0.1, 0.15) is 25.0 Å². The molecular formula is C24H25N3S. The number of hydrazine groups is 1. The third-order valence-corrected chi connectivity index (χ3v) is 5.46. The van der Waals surface area contributed by atoms with Crippen LogP contribution < -0.4 is 10.7 Å². The van der Waals surface area contributed by atoms with Crippen molar-refractivity contribution in [2.24, 2.45) is 0 Å². The summed E-state index contributed by atoms with van der Waals surface area (Å²) in [4.78, 5) is 0. The molecule has 0 radical (unpaired) electrons. The smallest absolute Gasteiger partial charge is 0.185 e. The third-order valence-electron chi connectivity index (χ3n) is 5.16. The van der Waals surface area contributed by atoms with Crippen LogP contribution in [0.2, 0.25) is 0 Å². The lowest BCUT2D eigenvalue weighted by molar-refractivity contribution is 0.187. The number of hydrogen-bond acceptors (Lipinski definition) is 2. The fraction of sp³-hybridized carbons (Fsp3) is 0.208. The van der Waals surface area contributed by atoms with Gasteiger partial charge >= 0.3 is 0 Å². The molecule has 1 fully saturated rings. The highest BCUT2D eigenvalue weighted by atomic mass is 32.1. The first-order valence-corrected chi connectivity index (χ1v) is 10.1. The minimum absolute atomic E-state index is 0.265. The molecule has 3 aromatic carbocycles.